The largest absolute Gasteiger partial charge is 0.494 e. The Balaban J connectivity index is 2.34. The van der Waals surface area contributed by atoms with E-state index in [4.69, 9.17) is 14.0 Å². The first kappa shape index (κ1) is 20.7. The number of nitrogens with zero attached hydrogens (tertiary/aromatic N) is 2. The van der Waals surface area contributed by atoms with Crippen molar-refractivity contribution in [2.24, 2.45) is 0 Å². The average Bonchev–Trinajstić information content (AvgIpc) is 3.07. The van der Waals surface area contributed by atoms with Crippen LogP contribution in [0.3, 0.4) is 0 Å². The summed E-state index contributed by atoms with van der Waals surface area (Å²) in [6.07, 6.45) is 0.636. The molecular formula is C19H26FN3O4. The van der Waals surface area contributed by atoms with Crippen LogP contribution in [0, 0.1) is 5.82 Å². The summed E-state index contributed by atoms with van der Waals surface area (Å²) < 4.78 is 29.5. The molecule has 0 aliphatic carbocycles. The van der Waals surface area contributed by atoms with Crippen molar-refractivity contribution < 1.29 is 23.2 Å². The van der Waals surface area contributed by atoms with Crippen molar-refractivity contribution >= 4 is 11.7 Å². The lowest BCUT2D eigenvalue weighted by molar-refractivity contribution is 0.0160. The maximum atomic E-state index is 13.7. The molecule has 0 atom stereocenters. The molecule has 1 amide bonds. The zero-order valence-electron chi connectivity index (χ0n) is 16.6. The molecule has 0 radical (unpaired) electrons. The van der Waals surface area contributed by atoms with Crippen LogP contribution in [0.5, 0.6) is 5.75 Å². The van der Waals surface area contributed by atoms with Crippen molar-refractivity contribution in [2.75, 3.05) is 39.8 Å². The summed E-state index contributed by atoms with van der Waals surface area (Å²) in [7, 11) is 6.53. The first-order chi connectivity index (χ1) is 12.7. The highest BCUT2D eigenvalue weighted by Crippen LogP contribution is 2.33. The van der Waals surface area contributed by atoms with Crippen LogP contribution in [0.1, 0.15) is 30.6 Å². The summed E-state index contributed by atoms with van der Waals surface area (Å²) >= 11 is 0. The molecule has 0 saturated carbocycles. The number of benzene rings is 1. The van der Waals surface area contributed by atoms with E-state index in [0.29, 0.717) is 24.3 Å². The molecule has 0 unspecified atom stereocenters. The number of halogens is 1. The van der Waals surface area contributed by atoms with Gasteiger partial charge in [0.05, 0.1) is 12.7 Å². The number of carbonyl (C=O) groups is 1. The van der Waals surface area contributed by atoms with Gasteiger partial charge in [0.1, 0.15) is 5.56 Å². The molecule has 0 spiro atoms. The van der Waals surface area contributed by atoms with Gasteiger partial charge in [0.25, 0.3) is 5.91 Å². The summed E-state index contributed by atoms with van der Waals surface area (Å²) in [6, 6.07) is 4.25. The van der Waals surface area contributed by atoms with Crippen LogP contribution in [0.15, 0.2) is 22.7 Å². The molecule has 1 N–H and O–H groups in total. The van der Waals surface area contributed by atoms with Crippen molar-refractivity contribution in [1.29, 1.82) is 0 Å². The van der Waals surface area contributed by atoms with E-state index in [2.05, 4.69) is 10.5 Å². The minimum absolute atomic E-state index is 0.0588. The van der Waals surface area contributed by atoms with Crippen LogP contribution in [0.4, 0.5) is 10.2 Å². The maximum absolute atomic E-state index is 13.7. The number of aromatic nitrogens is 1. The Morgan fingerprint density at radius 2 is 2.04 bits per heavy atom. The van der Waals surface area contributed by atoms with E-state index < -0.39 is 5.82 Å². The van der Waals surface area contributed by atoms with Crippen LogP contribution in [0.25, 0.3) is 11.3 Å². The van der Waals surface area contributed by atoms with E-state index >= 15 is 0 Å². The summed E-state index contributed by atoms with van der Waals surface area (Å²) in [5, 5.41) is 6.86. The fraction of sp³-hybridized carbons (Fsp3) is 0.474. The molecule has 0 bridgehead atoms. The Labute approximate surface area is 158 Å². The van der Waals surface area contributed by atoms with E-state index in [1.807, 2.05) is 13.8 Å². The molecular weight excluding hydrogens is 353 g/mol. The van der Waals surface area contributed by atoms with E-state index in [9.17, 15) is 9.18 Å². The molecule has 27 heavy (non-hydrogen) atoms. The zero-order valence-corrected chi connectivity index (χ0v) is 16.6. The third kappa shape index (κ3) is 4.77. The molecule has 0 aliphatic rings. The Bertz CT molecular complexity index is 802. The molecule has 0 fully saturated rings. The summed E-state index contributed by atoms with van der Waals surface area (Å²) in [5.41, 5.74) is 0.430. The number of hydrogen-bond donors (Lipinski definition) is 1. The quantitative estimate of drug-likeness (QED) is 0.760. The van der Waals surface area contributed by atoms with Gasteiger partial charge in [-0.1, -0.05) is 5.16 Å². The third-order valence-electron chi connectivity index (χ3n) is 4.30. The van der Waals surface area contributed by atoms with Crippen LogP contribution >= 0.6 is 0 Å². The highest BCUT2D eigenvalue weighted by molar-refractivity contribution is 6.04. The molecule has 148 valence electrons. The highest BCUT2D eigenvalue weighted by Gasteiger charge is 2.26. The number of nitrogens with one attached hydrogen (secondary N) is 1. The van der Waals surface area contributed by atoms with Crippen LogP contribution in [-0.4, -0.2) is 51.5 Å². The fourth-order valence-electron chi connectivity index (χ4n) is 2.46. The lowest BCUT2D eigenvalue weighted by Gasteiger charge is -2.22. The van der Waals surface area contributed by atoms with Gasteiger partial charge in [-0.2, -0.15) is 0 Å². The molecule has 1 aromatic heterocycles. The van der Waals surface area contributed by atoms with Gasteiger partial charge in [-0.15, -0.1) is 0 Å². The smallest absolute Gasteiger partial charge is 0.259 e. The standard InChI is InChI=1S/C19H26FN3O4/c1-19(2,26-6)9-10-21-18(24)15-16(27-22-17(15)23(3)4)12-7-8-13(20)14(11-12)25-5/h7-8,11H,9-10H2,1-6H3,(H,21,24). The van der Waals surface area contributed by atoms with Gasteiger partial charge in [-0.25, -0.2) is 4.39 Å². The van der Waals surface area contributed by atoms with E-state index in [1.54, 1.807) is 26.1 Å². The Kier molecular flexibility index (Phi) is 6.43. The molecule has 2 rings (SSSR count). The molecule has 2 aromatic rings. The second-order valence-corrected chi connectivity index (χ2v) is 6.92. The Hall–Kier alpha value is -2.61. The second kappa shape index (κ2) is 8.39. The number of hydrogen-bond acceptors (Lipinski definition) is 6. The summed E-state index contributed by atoms with van der Waals surface area (Å²) in [5.74, 6) is -0.132. The van der Waals surface area contributed by atoms with Crippen LogP contribution in [0.2, 0.25) is 0 Å². The van der Waals surface area contributed by atoms with Crippen molar-refractivity contribution in [3.63, 3.8) is 0 Å². The van der Waals surface area contributed by atoms with Crippen molar-refractivity contribution in [3.05, 3.63) is 29.6 Å². The third-order valence-corrected chi connectivity index (χ3v) is 4.30. The fourth-order valence-corrected chi connectivity index (χ4v) is 2.46. The van der Waals surface area contributed by atoms with Crippen molar-refractivity contribution in [1.82, 2.24) is 10.5 Å². The highest BCUT2D eigenvalue weighted by atomic mass is 19.1. The maximum Gasteiger partial charge on any atom is 0.259 e. The minimum Gasteiger partial charge on any atom is -0.494 e. The molecule has 7 nitrogen and oxygen atoms in total. The first-order valence-corrected chi connectivity index (χ1v) is 8.54. The molecule has 0 aliphatic heterocycles. The van der Waals surface area contributed by atoms with Gasteiger partial charge in [0, 0.05) is 33.3 Å². The topological polar surface area (TPSA) is 76.8 Å². The number of carbonyl (C=O) groups excluding carboxylic acids is 1. The molecule has 8 heteroatoms. The molecule has 1 heterocycles. The number of methoxy groups -OCH3 is 2. The SMILES string of the molecule is COc1cc(-c2onc(N(C)C)c2C(=O)NCCC(C)(C)OC)ccc1F. The number of ether oxygens (including phenoxy) is 2. The van der Waals surface area contributed by atoms with Gasteiger partial charge in [0.15, 0.2) is 23.1 Å². The van der Waals surface area contributed by atoms with Crippen molar-refractivity contribution in [3.8, 4) is 17.1 Å². The number of amides is 1. The predicted octanol–water partition coefficient (Wildman–Crippen LogP) is 3.10. The van der Waals surface area contributed by atoms with Gasteiger partial charge in [0.2, 0.25) is 0 Å². The second-order valence-electron chi connectivity index (χ2n) is 6.92. The zero-order chi connectivity index (χ0) is 20.2. The molecule has 0 saturated heterocycles. The first-order valence-electron chi connectivity index (χ1n) is 8.54. The van der Waals surface area contributed by atoms with Gasteiger partial charge >= 0.3 is 0 Å². The molecule has 1 aromatic carbocycles. The van der Waals surface area contributed by atoms with Crippen molar-refractivity contribution in [2.45, 2.75) is 25.9 Å². The van der Waals surface area contributed by atoms with E-state index in [-0.39, 0.29) is 28.6 Å². The normalized spacial score (nSPS) is 11.4. The Morgan fingerprint density at radius 3 is 2.63 bits per heavy atom. The van der Waals surface area contributed by atoms with Gasteiger partial charge in [-0.05, 0) is 38.5 Å². The lowest BCUT2D eigenvalue weighted by Crippen LogP contribution is -2.32. The number of rotatable bonds is 8. The van der Waals surface area contributed by atoms with Gasteiger partial charge < -0.3 is 24.2 Å². The average molecular weight is 379 g/mol. The van der Waals surface area contributed by atoms with Crippen LogP contribution in [-0.2, 0) is 4.74 Å². The predicted molar refractivity (Wildman–Crippen MR) is 101 cm³/mol. The lowest BCUT2D eigenvalue weighted by atomic mass is 10.0. The van der Waals surface area contributed by atoms with Gasteiger partial charge in [-0.3, -0.25) is 4.79 Å². The van der Waals surface area contributed by atoms with E-state index in [0.717, 1.165) is 0 Å². The Morgan fingerprint density at radius 1 is 1.33 bits per heavy atom. The monoisotopic (exact) mass is 379 g/mol. The van der Waals surface area contributed by atoms with Crippen LogP contribution < -0.4 is 15.0 Å². The summed E-state index contributed by atoms with van der Waals surface area (Å²) in [4.78, 5) is 14.5. The number of anilines is 1. The van der Waals surface area contributed by atoms with E-state index in [1.165, 1.54) is 25.3 Å². The minimum atomic E-state index is -0.499. The summed E-state index contributed by atoms with van der Waals surface area (Å²) in [6.45, 7) is 4.31.